The number of nitrogens with one attached hydrogen (secondary N) is 1. The van der Waals surface area contributed by atoms with E-state index in [1.807, 2.05) is 4.90 Å². The van der Waals surface area contributed by atoms with Gasteiger partial charge in [-0.3, -0.25) is 4.90 Å². The van der Waals surface area contributed by atoms with E-state index in [4.69, 9.17) is 4.74 Å². The third-order valence-corrected chi connectivity index (χ3v) is 3.92. The van der Waals surface area contributed by atoms with E-state index in [1.165, 1.54) is 19.2 Å². The number of nitrogens with zero attached hydrogens (tertiary/aromatic N) is 1. The van der Waals surface area contributed by atoms with Crippen molar-refractivity contribution in [1.82, 2.24) is 10.2 Å². The van der Waals surface area contributed by atoms with Gasteiger partial charge in [0.1, 0.15) is 5.75 Å². The lowest BCUT2D eigenvalue weighted by Gasteiger charge is -2.36. The van der Waals surface area contributed by atoms with Crippen LogP contribution < -0.4 is 10.1 Å². The molecule has 1 aliphatic heterocycles. The molecule has 0 unspecified atom stereocenters. The first-order chi connectivity index (χ1) is 10.5. The average Bonchev–Trinajstić information content (AvgIpc) is 2.52. The fraction of sp³-hybridized carbons (Fsp3) is 0.600. The maximum absolute atomic E-state index is 13.4. The molecule has 0 spiro atoms. The van der Waals surface area contributed by atoms with Gasteiger partial charge in [0.05, 0.1) is 12.7 Å². The van der Waals surface area contributed by atoms with Crippen LogP contribution in [0.2, 0.25) is 0 Å². The van der Waals surface area contributed by atoms with Gasteiger partial charge < -0.3 is 15.2 Å². The van der Waals surface area contributed by atoms with Gasteiger partial charge in [-0.15, -0.1) is 0 Å². The van der Waals surface area contributed by atoms with E-state index in [2.05, 4.69) is 5.32 Å². The maximum Gasteiger partial charge on any atom is 0.416 e. The van der Waals surface area contributed by atoms with Crippen LogP contribution in [0.25, 0.3) is 0 Å². The number of alkyl halides is 3. The van der Waals surface area contributed by atoms with Gasteiger partial charge in [0.25, 0.3) is 0 Å². The monoisotopic (exact) mass is 318 g/mol. The molecule has 7 heteroatoms. The Bertz CT molecular complexity index is 488. The molecule has 1 aromatic rings. The number of piperazine rings is 1. The van der Waals surface area contributed by atoms with Crippen LogP contribution in [0.15, 0.2) is 18.2 Å². The molecular formula is C15H21F3N2O2. The van der Waals surface area contributed by atoms with Crippen molar-refractivity contribution < 1.29 is 23.0 Å². The van der Waals surface area contributed by atoms with Crippen LogP contribution in [0, 0.1) is 0 Å². The topological polar surface area (TPSA) is 44.7 Å². The Balaban J connectivity index is 2.41. The summed E-state index contributed by atoms with van der Waals surface area (Å²) < 4.78 is 45.1. The van der Waals surface area contributed by atoms with E-state index >= 15 is 0 Å². The zero-order chi connectivity index (χ0) is 16.2. The van der Waals surface area contributed by atoms with Gasteiger partial charge in [-0.25, -0.2) is 0 Å². The Labute approximate surface area is 127 Å². The van der Waals surface area contributed by atoms with Crippen LogP contribution in [0.1, 0.15) is 23.6 Å². The van der Waals surface area contributed by atoms with Gasteiger partial charge in [0, 0.05) is 38.8 Å². The van der Waals surface area contributed by atoms with E-state index in [1.54, 1.807) is 0 Å². The largest absolute Gasteiger partial charge is 0.497 e. The standard InChI is InChI=1S/C15H21F3N2O2/c1-22-11-2-3-12(13(10-11)15(16,17)18)14(4-9-21)20-7-5-19-6-8-20/h2-3,10,14,19,21H,4-9H2,1H3/t14-/m1/s1. The minimum atomic E-state index is -4.45. The summed E-state index contributed by atoms with van der Waals surface area (Å²) >= 11 is 0. The highest BCUT2D eigenvalue weighted by Gasteiger charge is 2.37. The zero-order valence-corrected chi connectivity index (χ0v) is 12.5. The van der Waals surface area contributed by atoms with Crippen LogP contribution in [0.4, 0.5) is 13.2 Å². The van der Waals surface area contributed by atoms with E-state index in [0.717, 1.165) is 19.2 Å². The van der Waals surface area contributed by atoms with Crippen LogP contribution in [0.3, 0.4) is 0 Å². The van der Waals surface area contributed by atoms with Crippen molar-refractivity contribution in [3.8, 4) is 5.75 Å². The molecule has 1 fully saturated rings. The number of hydrogen-bond acceptors (Lipinski definition) is 4. The average molecular weight is 318 g/mol. The first kappa shape index (κ1) is 17.1. The number of ether oxygens (including phenoxy) is 1. The van der Waals surface area contributed by atoms with Gasteiger partial charge in [0.15, 0.2) is 0 Å². The second-order valence-corrected chi connectivity index (χ2v) is 5.26. The molecule has 0 aromatic heterocycles. The highest BCUT2D eigenvalue weighted by atomic mass is 19.4. The number of hydrogen-bond donors (Lipinski definition) is 2. The zero-order valence-electron chi connectivity index (χ0n) is 12.5. The summed E-state index contributed by atoms with van der Waals surface area (Å²) in [6.45, 7) is 2.64. The van der Waals surface area contributed by atoms with Crippen molar-refractivity contribution in [3.05, 3.63) is 29.3 Å². The Morgan fingerprint density at radius 1 is 1.32 bits per heavy atom. The summed E-state index contributed by atoms with van der Waals surface area (Å²) in [6.07, 6.45) is -4.18. The molecule has 4 nitrogen and oxygen atoms in total. The van der Waals surface area contributed by atoms with E-state index < -0.39 is 17.8 Å². The smallest absolute Gasteiger partial charge is 0.416 e. The van der Waals surface area contributed by atoms with Crippen molar-refractivity contribution >= 4 is 0 Å². The molecule has 0 radical (unpaired) electrons. The minimum Gasteiger partial charge on any atom is -0.497 e. The van der Waals surface area contributed by atoms with Gasteiger partial charge in [-0.1, -0.05) is 6.07 Å². The van der Waals surface area contributed by atoms with Crippen molar-refractivity contribution in [3.63, 3.8) is 0 Å². The molecule has 2 rings (SSSR count). The summed E-state index contributed by atoms with van der Waals surface area (Å²) in [4.78, 5) is 1.99. The molecule has 0 amide bonds. The third-order valence-electron chi connectivity index (χ3n) is 3.92. The summed E-state index contributed by atoms with van der Waals surface area (Å²) in [7, 11) is 1.34. The molecule has 0 aliphatic carbocycles. The van der Waals surface area contributed by atoms with Crippen molar-refractivity contribution in [2.45, 2.75) is 18.6 Å². The summed E-state index contributed by atoms with van der Waals surface area (Å²) in [5.74, 6) is 0.180. The number of halogens is 3. The normalized spacial score (nSPS) is 18.2. The molecule has 1 atom stereocenters. The molecule has 22 heavy (non-hydrogen) atoms. The van der Waals surface area contributed by atoms with Gasteiger partial charge in [0.2, 0.25) is 0 Å². The fourth-order valence-electron chi connectivity index (χ4n) is 2.85. The summed E-state index contributed by atoms with van der Waals surface area (Å²) in [6, 6.07) is 3.58. The van der Waals surface area contributed by atoms with Gasteiger partial charge in [-0.05, 0) is 24.1 Å². The number of benzene rings is 1. The lowest BCUT2D eigenvalue weighted by Crippen LogP contribution is -2.45. The molecule has 1 aromatic carbocycles. The first-order valence-electron chi connectivity index (χ1n) is 7.28. The van der Waals surface area contributed by atoms with Crippen LogP contribution in [-0.2, 0) is 6.18 Å². The van der Waals surface area contributed by atoms with Crippen LogP contribution in [-0.4, -0.2) is 49.9 Å². The lowest BCUT2D eigenvalue weighted by molar-refractivity contribution is -0.139. The molecule has 1 aliphatic rings. The number of aliphatic hydroxyl groups is 1. The second-order valence-electron chi connectivity index (χ2n) is 5.26. The SMILES string of the molecule is COc1ccc([C@@H](CCO)N2CCNCC2)c(C(F)(F)F)c1. The third kappa shape index (κ3) is 3.91. The Hall–Kier alpha value is -1.31. The summed E-state index contributed by atoms with van der Waals surface area (Å²) in [5.41, 5.74) is -0.493. The molecule has 0 saturated carbocycles. The quantitative estimate of drug-likeness (QED) is 0.872. The Kier molecular flexibility index (Phi) is 5.66. The molecule has 0 bridgehead atoms. The van der Waals surface area contributed by atoms with E-state index in [9.17, 15) is 18.3 Å². The first-order valence-corrected chi connectivity index (χ1v) is 7.28. The van der Waals surface area contributed by atoms with E-state index in [0.29, 0.717) is 13.1 Å². The van der Waals surface area contributed by atoms with E-state index in [-0.39, 0.29) is 24.3 Å². The van der Waals surface area contributed by atoms with Gasteiger partial charge in [-0.2, -0.15) is 13.2 Å². The molecule has 1 heterocycles. The number of methoxy groups -OCH3 is 1. The highest BCUT2D eigenvalue weighted by Crippen LogP contribution is 2.39. The Morgan fingerprint density at radius 2 is 2.00 bits per heavy atom. The van der Waals surface area contributed by atoms with Crippen molar-refractivity contribution in [2.75, 3.05) is 39.9 Å². The van der Waals surface area contributed by atoms with Gasteiger partial charge >= 0.3 is 6.18 Å². The summed E-state index contributed by atoms with van der Waals surface area (Å²) in [5, 5.41) is 12.5. The molecule has 2 N–H and O–H groups in total. The second kappa shape index (κ2) is 7.30. The predicted octanol–water partition coefficient (Wildman–Crippen LogP) is 2.04. The van der Waals surface area contributed by atoms with Crippen LogP contribution >= 0.6 is 0 Å². The minimum absolute atomic E-state index is 0.155. The fourth-order valence-corrected chi connectivity index (χ4v) is 2.85. The van der Waals surface area contributed by atoms with Crippen LogP contribution in [0.5, 0.6) is 5.75 Å². The maximum atomic E-state index is 13.4. The molecule has 124 valence electrons. The predicted molar refractivity (Wildman–Crippen MR) is 76.9 cm³/mol. The lowest BCUT2D eigenvalue weighted by atomic mass is 9.95. The number of aliphatic hydroxyl groups excluding tert-OH is 1. The highest BCUT2D eigenvalue weighted by molar-refractivity contribution is 5.39. The molecule has 1 saturated heterocycles. The Morgan fingerprint density at radius 3 is 2.55 bits per heavy atom. The molecular weight excluding hydrogens is 297 g/mol. The van der Waals surface area contributed by atoms with Crippen molar-refractivity contribution in [1.29, 1.82) is 0 Å². The van der Waals surface area contributed by atoms with Crippen molar-refractivity contribution in [2.24, 2.45) is 0 Å². The number of rotatable bonds is 5.